The van der Waals surface area contributed by atoms with Crippen molar-refractivity contribution in [3.63, 3.8) is 0 Å². The highest BCUT2D eigenvalue weighted by atomic mass is 35.5. The number of thiophene rings is 1. The first-order valence-electron chi connectivity index (χ1n) is 11.9. The molecule has 1 aliphatic carbocycles. The molecule has 0 atom stereocenters. The van der Waals surface area contributed by atoms with Gasteiger partial charge in [0, 0.05) is 28.5 Å². The molecule has 0 saturated carbocycles. The third kappa shape index (κ3) is 4.15. The van der Waals surface area contributed by atoms with Crippen LogP contribution in [0, 0.1) is 0 Å². The number of hydrogen-bond acceptors (Lipinski definition) is 4. The predicted molar refractivity (Wildman–Crippen MR) is 148 cm³/mol. The lowest BCUT2D eigenvalue weighted by Gasteiger charge is -2.21. The summed E-state index contributed by atoms with van der Waals surface area (Å²) in [5.41, 5.74) is 11.3. The molecule has 5 aromatic rings. The number of aryl methyl sites for hydroxylation is 1. The fraction of sp³-hybridized carbons (Fsp3) is 0.172. The summed E-state index contributed by atoms with van der Waals surface area (Å²) in [6.45, 7) is 2.07. The van der Waals surface area contributed by atoms with Crippen molar-refractivity contribution in [2.45, 2.75) is 32.6 Å². The number of nitrogens with zero attached hydrogens (tertiary/aromatic N) is 3. The van der Waals surface area contributed by atoms with E-state index in [1.807, 2.05) is 42.5 Å². The summed E-state index contributed by atoms with van der Waals surface area (Å²) < 4.78 is 2.20. The standard InChI is InChI=1S/C29H25ClN4S/c1-19(32-33-22-9-3-2-4-10-22)28-27(34-17-7-8-18-34)26-25(20-13-15-21(30)16-14-20)23-11-5-6-12-24(23)31-29(26)35-28/h2-4,7-10,13-18,33H,5-6,11-12H2,1H3/b32-19+. The summed E-state index contributed by atoms with van der Waals surface area (Å²) >= 11 is 7.99. The van der Waals surface area contributed by atoms with Crippen LogP contribution in [0.5, 0.6) is 0 Å². The van der Waals surface area contributed by atoms with E-state index in [1.165, 1.54) is 40.6 Å². The maximum atomic E-state index is 6.27. The average molecular weight is 497 g/mol. The average Bonchev–Trinajstić information content (AvgIpc) is 3.55. The van der Waals surface area contributed by atoms with Crippen molar-refractivity contribution < 1.29 is 0 Å². The van der Waals surface area contributed by atoms with Gasteiger partial charge in [-0.15, -0.1) is 11.3 Å². The van der Waals surface area contributed by atoms with Gasteiger partial charge in [0.1, 0.15) is 4.83 Å². The van der Waals surface area contributed by atoms with Crippen LogP contribution in [0.1, 0.15) is 35.9 Å². The minimum Gasteiger partial charge on any atom is -0.322 e. The molecule has 3 heterocycles. The summed E-state index contributed by atoms with van der Waals surface area (Å²) in [5.74, 6) is 0. The van der Waals surface area contributed by atoms with Crippen LogP contribution in [0.3, 0.4) is 0 Å². The third-order valence-corrected chi connectivity index (χ3v) is 7.98. The Hall–Kier alpha value is -3.41. The molecule has 35 heavy (non-hydrogen) atoms. The molecule has 0 saturated heterocycles. The number of nitrogens with one attached hydrogen (secondary N) is 1. The summed E-state index contributed by atoms with van der Waals surface area (Å²) in [4.78, 5) is 7.39. The van der Waals surface area contributed by atoms with Gasteiger partial charge in [0.25, 0.3) is 0 Å². The minimum atomic E-state index is 0.750. The third-order valence-electron chi connectivity index (χ3n) is 6.54. The SMILES string of the molecule is C/C(=N\Nc1ccccc1)c1sc2nc3c(c(-c4ccc(Cl)cc4)c2c1-n1cccc1)CCCC3. The van der Waals surface area contributed by atoms with Crippen molar-refractivity contribution in [2.75, 3.05) is 5.43 Å². The minimum absolute atomic E-state index is 0.750. The molecule has 6 heteroatoms. The van der Waals surface area contributed by atoms with Crippen LogP contribution >= 0.6 is 22.9 Å². The number of pyridine rings is 1. The zero-order valence-corrected chi connectivity index (χ0v) is 21.0. The van der Waals surface area contributed by atoms with Crippen LogP contribution in [0.2, 0.25) is 5.02 Å². The lowest BCUT2D eigenvalue weighted by atomic mass is 9.87. The van der Waals surface area contributed by atoms with E-state index in [1.54, 1.807) is 11.3 Å². The zero-order valence-electron chi connectivity index (χ0n) is 19.5. The second kappa shape index (κ2) is 9.33. The van der Waals surface area contributed by atoms with Crippen molar-refractivity contribution in [1.29, 1.82) is 0 Å². The Labute approximate surface area is 213 Å². The van der Waals surface area contributed by atoms with Gasteiger partial charge < -0.3 is 4.57 Å². The van der Waals surface area contributed by atoms with E-state index in [9.17, 15) is 0 Å². The van der Waals surface area contributed by atoms with Gasteiger partial charge in [-0.3, -0.25) is 5.43 Å². The fourth-order valence-electron chi connectivity index (χ4n) is 4.89. The molecule has 1 aliphatic rings. The van der Waals surface area contributed by atoms with Gasteiger partial charge in [-0.25, -0.2) is 4.98 Å². The van der Waals surface area contributed by atoms with Crippen molar-refractivity contribution in [1.82, 2.24) is 9.55 Å². The number of halogens is 1. The molecule has 0 bridgehead atoms. The molecular weight excluding hydrogens is 472 g/mol. The van der Waals surface area contributed by atoms with E-state index in [2.05, 4.69) is 53.6 Å². The van der Waals surface area contributed by atoms with Crippen molar-refractivity contribution >= 4 is 44.6 Å². The molecule has 0 radical (unpaired) electrons. The Kier molecular flexibility index (Phi) is 5.88. The summed E-state index contributed by atoms with van der Waals surface area (Å²) in [5, 5.41) is 6.70. The number of hydrazone groups is 1. The number of hydrogen-bond donors (Lipinski definition) is 1. The van der Waals surface area contributed by atoms with Crippen LogP contribution in [0.15, 0.2) is 84.2 Å². The Morgan fingerprint density at radius 2 is 1.71 bits per heavy atom. The lowest BCUT2D eigenvalue weighted by Crippen LogP contribution is -2.08. The molecule has 0 unspecified atom stereocenters. The van der Waals surface area contributed by atoms with E-state index in [0.29, 0.717) is 0 Å². The first-order chi connectivity index (χ1) is 17.2. The van der Waals surface area contributed by atoms with Crippen molar-refractivity contribution in [3.05, 3.63) is 100 Å². The highest BCUT2D eigenvalue weighted by molar-refractivity contribution is 7.21. The maximum Gasteiger partial charge on any atom is 0.127 e. The maximum absolute atomic E-state index is 6.27. The smallest absolute Gasteiger partial charge is 0.127 e. The largest absolute Gasteiger partial charge is 0.322 e. The summed E-state index contributed by atoms with van der Waals surface area (Å²) in [7, 11) is 0. The fourth-order valence-corrected chi connectivity index (χ4v) is 6.17. The number of fused-ring (bicyclic) bond motifs is 2. The van der Waals surface area contributed by atoms with Gasteiger partial charge in [-0.2, -0.15) is 5.10 Å². The number of rotatable bonds is 5. The van der Waals surface area contributed by atoms with Crippen molar-refractivity contribution in [3.8, 4) is 16.8 Å². The predicted octanol–water partition coefficient (Wildman–Crippen LogP) is 8.12. The van der Waals surface area contributed by atoms with Gasteiger partial charge in [0.15, 0.2) is 0 Å². The molecule has 3 aromatic heterocycles. The molecule has 6 rings (SSSR count). The summed E-state index contributed by atoms with van der Waals surface area (Å²) in [6.07, 6.45) is 8.67. The van der Waals surface area contributed by atoms with Crippen LogP contribution < -0.4 is 5.43 Å². The van der Waals surface area contributed by atoms with Gasteiger partial charge in [0.05, 0.1) is 22.0 Å². The van der Waals surface area contributed by atoms with Gasteiger partial charge in [-0.1, -0.05) is 41.9 Å². The van der Waals surface area contributed by atoms with E-state index < -0.39 is 0 Å². The highest BCUT2D eigenvalue weighted by Crippen LogP contribution is 2.44. The molecule has 1 N–H and O–H groups in total. The second-order valence-electron chi connectivity index (χ2n) is 8.85. The second-order valence-corrected chi connectivity index (χ2v) is 10.3. The Balaban J connectivity index is 1.62. The number of aromatic nitrogens is 2. The molecule has 0 amide bonds. The van der Waals surface area contributed by atoms with E-state index >= 15 is 0 Å². The molecule has 0 spiro atoms. The molecule has 0 fully saturated rings. The van der Waals surface area contributed by atoms with E-state index in [0.717, 1.165) is 44.7 Å². The Bertz CT molecular complexity index is 1520. The van der Waals surface area contributed by atoms with Gasteiger partial charge in [0.2, 0.25) is 0 Å². The quantitative estimate of drug-likeness (QED) is 0.197. The van der Waals surface area contributed by atoms with Crippen LogP contribution in [-0.4, -0.2) is 15.3 Å². The number of benzene rings is 2. The van der Waals surface area contributed by atoms with Gasteiger partial charge in [-0.05, 0) is 85.7 Å². The van der Waals surface area contributed by atoms with Crippen LogP contribution in [0.4, 0.5) is 5.69 Å². The molecule has 174 valence electrons. The Morgan fingerprint density at radius 1 is 0.971 bits per heavy atom. The van der Waals surface area contributed by atoms with Crippen LogP contribution in [0.25, 0.3) is 27.0 Å². The zero-order chi connectivity index (χ0) is 23.8. The first kappa shape index (κ1) is 22.1. The highest BCUT2D eigenvalue weighted by Gasteiger charge is 2.26. The molecule has 4 nitrogen and oxygen atoms in total. The number of para-hydroxylation sites is 1. The molecule has 2 aromatic carbocycles. The van der Waals surface area contributed by atoms with E-state index in [4.69, 9.17) is 21.7 Å². The topological polar surface area (TPSA) is 42.2 Å². The van der Waals surface area contributed by atoms with Crippen molar-refractivity contribution in [2.24, 2.45) is 5.10 Å². The Morgan fingerprint density at radius 3 is 2.49 bits per heavy atom. The normalized spacial score (nSPS) is 13.7. The number of anilines is 1. The molecule has 0 aliphatic heterocycles. The molecular formula is C29H25ClN4S. The first-order valence-corrected chi connectivity index (χ1v) is 13.1. The van der Waals surface area contributed by atoms with Gasteiger partial charge >= 0.3 is 0 Å². The van der Waals surface area contributed by atoms with Crippen LogP contribution in [-0.2, 0) is 12.8 Å². The van der Waals surface area contributed by atoms with E-state index in [-0.39, 0.29) is 0 Å². The lowest BCUT2D eigenvalue weighted by molar-refractivity contribution is 0.673. The summed E-state index contributed by atoms with van der Waals surface area (Å²) in [6, 6.07) is 22.4. The monoisotopic (exact) mass is 496 g/mol.